The fourth-order valence-electron chi connectivity index (χ4n) is 3.58. The number of amides is 1. The Morgan fingerprint density at radius 3 is 2.43 bits per heavy atom. The summed E-state index contributed by atoms with van der Waals surface area (Å²) in [5.41, 5.74) is 0.711. The molecule has 2 heterocycles. The van der Waals surface area contributed by atoms with E-state index in [0.717, 1.165) is 29.7 Å². The molecule has 0 saturated heterocycles. The normalized spacial score (nSPS) is 10.9. The molecule has 0 atom stereocenters. The molecule has 2 aromatic heterocycles. The molecule has 0 aliphatic carbocycles. The number of carbonyl (C=O) groups is 3. The van der Waals surface area contributed by atoms with E-state index in [1.54, 1.807) is 38.1 Å². The lowest BCUT2D eigenvalue weighted by Gasteiger charge is -2.11. The zero-order valence-corrected chi connectivity index (χ0v) is 21.1. The third-order valence-electron chi connectivity index (χ3n) is 5.49. The first kappa shape index (κ1) is 26.1. The average molecular weight is 500 g/mol. The second-order valence-electron chi connectivity index (χ2n) is 7.96. The van der Waals surface area contributed by atoms with E-state index in [1.165, 1.54) is 16.0 Å². The first-order valence-electron chi connectivity index (χ1n) is 11.5. The van der Waals surface area contributed by atoms with Gasteiger partial charge in [-0.05, 0) is 38.8 Å². The van der Waals surface area contributed by atoms with Gasteiger partial charge in [-0.3, -0.25) is 9.59 Å². The highest BCUT2D eigenvalue weighted by Gasteiger charge is 2.23. The summed E-state index contributed by atoms with van der Waals surface area (Å²) >= 11 is 1.25. The standard InChI is InChI=1S/C25H29N3O6S/c1-5-7-10-13-28-23(30)18-12-9-8-11-17(18)21(27-28)25(32)34-14-19(29)26-22-20(24(31)33-6-2)15(3)16(4)35-22/h8-9,11-12H,5-7,10,13-14H2,1-4H3,(H,26,29). The maximum Gasteiger partial charge on any atom is 0.359 e. The van der Waals surface area contributed by atoms with Crippen molar-refractivity contribution in [2.45, 2.75) is 53.5 Å². The van der Waals surface area contributed by atoms with Crippen molar-refractivity contribution in [3.63, 3.8) is 0 Å². The molecule has 0 aliphatic heterocycles. The number of hydrogen-bond acceptors (Lipinski definition) is 8. The number of hydrogen-bond donors (Lipinski definition) is 1. The highest BCUT2D eigenvalue weighted by molar-refractivity contribution is 7.16. The van der Waals surface area contributed by atoms with Crippen LogP contribution in [0.25, 0.3) is 10.8 Å². The van der Waals surface area contributed by atoms with Crippen molar-refractivity contribution in [2.75, 3.05) is 18.5 Å². The van der Waals surface area contributed by atoms with Gasteiger partial charge < -0.3 is 14.8 Å². The van der Waals surface area contributed by atoms with Gasteiger partial charge in [0, 0.05) is 16.8 Å². The number of thiophene rings is 1. The number of benzene rings is 1. The molecule has 186 valence electrons. The van der Waals surface area contributed by atoms with Gasteiger partial charge in [-0.15, -0.1) is 11.3 Å². The molecule has 1 aromatic carbocycles. The van der Waals surface area contributed by atoms with Gasteiger partial charge in [0.15, 0.2) is 12.3 Å². The van der Waals surface area contributed by atoms with Gasteiger partial charge in [-0.25, -0.2) is 14.3 Å². The van der Waals surface area contributed by atoms with Crippen molar-refractivity contribution in [3.8, 4) is 0 Å². The maximum atomic E-state index is 12.9. The lowest BCUT2D eigenvalue weighted by atomic mass is 10.1. The SMILES string of the molecule is CCCCCn1nc(C(=O)OCC(=O)Nc2sc(C)c(C)c2C(=O)OCC)c2ccccc2c1=O. The molecule has 10 heteroatoms. The Labute approximate surface area is 207 Å². The number of aromatic nitrogens is 2. The van der Waals surface area contributed by atoms with E-state index in [9.17, 15) is 19.2 Å². The molecule has 0 radical (unpaired) electrons. The number of fused-ring (bicyclic) bond motifs is 1. The van der Waals surface area contributed by atoms with Crippen LogP contribution in [-0.2, 0) is 20.8 Å². The highest BCUT2D eigenvalue weighted by Crippen LogP contribution is 2.33. The third-order valence-corrected chi connectivity index (χ3v) is 6.61. The van der Waals surface area contributed by atoms with Crippen LogP contribution in [0.1, 0.15) is 64.4 Å². The monoisotopic (exact) mass is 499 g/mol. The summed E-state index contributed by atoms with van der Waals surface area (Å²) in [5.74, 6) is -1.95. The van der Waals surface area contributed by atoms with E-state index >= 15 is 0 Å². The van der Waals surface area contributed by atoms with Crippen LogP contribution in [0.2, 0.25) is 0 Å². The molecule has 0 saturated carbocycles. The number of carbonyl (C=O) groups excluding carboxylic acids is 3. The number of unbranched alkanes of at least 4 members (excludes halogenated alkanes) is 2. The number of aryl methyl sites for hydroxylation is 2. The zero-order chi connectivity index (χ0) is 25.5. The summed E-state index contributed by atoms with van der Waals surface area (Å²) in [6.07, 6.45) is 2.66. The third kappa shape index (κ3) is 5.94. The van der Waals surface area contributed by atoms with E-state index in [-0.39, 0.29) is 17.9 Å². The molecule has 9 nitrogen and oxygen atoms in total. The molecule has 0 aliphatic rings. The van der Waals surface area contributed by atoms with Crippen LogP contribution in [0.15, 0.2) is 29.1 Å². The Bertz CT molecular complexity index is 1310. The molecule has 35 heavy (non-hydrogen) atoms. The van der Waals surface area contributed by atoms with E-state index < -0.39 is 24.5 Å². The molecule has 3 rings (SSSR count). The lowest BCUT2D eigenvalue weighted by Crippen LogP contribution is -2.28. The first-order valence-corrected chi connectivity index (χ1v) is 12.3. The van der Waals surface area contributed by atoms with Crippen LogP contribution in [0, 0.1) is 13.8 Å². The minimum absolute atomic E-state index is 0.0282. The molecule has 0 unspecified atom stereocenters. The first-order chi connectivity index (χ1) is 16.8. The van der Waals surface area contributed by atoms with E-state index in [1.807, 2.05) is 6.92 Å². The second-order valence-corrected chi connectivity index (χ2v) is 9.19. The fourth-order valence-corrected chi connectivity index (χ4v) is 4.64. The second kappa shape index (κ2) is 11.7. The number of nitrogens with zero attached hydrogens (tertiary/aromatic N) is 2. The number of ether oxygens (including phenoxy) is 2. The minimum Gasteiger partial charge on any atom is -0.462 e. The molecule has 1 amide bonds. The highest BCUT2D eigenvalue weighted by atomic mass is 32.1. The van der Waals surface area contributed by atoms with Gasteiger partial charge in [0.2, 0.25) is 0 Å². The molecule has 0 bridgehead atoms. The van der Waals surface area contributed by atoms with Crippen LogP contribution < -0.4 is 10.9 Å². The van der Waals surface area contributed by atoms with E-state index in [0.29, 0.717) is 27.9 Å². The fraction of sp³-hybridized carbons (Fsp3) is 0.400. The smallest absolute Gasteiger partial charge is 0.359 e. The van der Waals surface area contributed by atoms with Crippen LogP contribution >= 0.6 is 11.3 Å². The van der Waals surface area contributed by atoms with Crippen molar-refractivity contribution >= 4 is 45.0 Å². The molecular weight excluding hydrogens is 470 g/mol. The Morgan fingerprint density at radius 1 is 1.03 bits per heavy atom. The average Bonchev–Trinajstić information content (AvgIpc) is 3.12. The van der Waals surface area contributed by atoms with Crippen molar-refractivity contribution in [1.29, 1.82) is 0 Å². The molecule has 3 aromatic rings. The quantitative estimate of drug-likeness (QED) is 0.328. The van der Waals surface area contributed by atoms with Gasteiger partial charge in [0.1, 0.15) is 5.00 Å². The summed E-state index contributed by atoms with van der Waals surface area (Å²) in [7, 11) is 0. The summed E-state index contributed by atoms with van der Waals surface area (Å²) in [4.78, 5) is 51.4. The topological polar surface area (TPSA) is 117 Å². The van der Waals surface area contributed by atoms with Gasteiger partial charge in [0.05, 0.1) is 17.6 Å². The van der Waals surface area contributed by atoms with Crippen molar-refractivity contribution < 1.29 is 23.9 Å². The van der Waals surface area contributed by atoms with Crippen LogP contribution in [-0.4, -0.2) is 40.8 Å². The molecule has 0 spiro atoms. The maximum absolute atomic E-state index is 12.9. The van der Waals surface area contributed by atoms with Gasteiger partial charge >= 0.3 is 11.9 Å². The molecule has 1 N–H and O–H groups in total. The number of nitrogens with one attached hydrogen (secondary N) is 1. The lowest BCUT2D eigenvalue weighted by molar-refractivity contribution is -0.119. The van der Waals surface area contributed by atoms with Gasteiger partial charge in [0.25, 0.3) is 11.5 Å². The summed E-state index contributed by atoms with van der Waals surface area (Å²) in [5, 5.41) is 7.95. The minimum atomic E-state index is -0.815. The van der Waals surface area contributed by atoms with Crippen LogP contribution in [0.3, 0.4) is 0 Å². The molecular formula is C25H29N3O6S. The van der Waals surface area contributed by atoms with Crippen molar-refractivity contribution in [1.82, 2.24) is 9.78 Å². The number of rotatable bonds is 10. The number of esters is 2. The summed E-state index contributed by atoms with van der Waals surface area (Å²) in [6, 6.07) is 6.68. The van der Waals surface area contributed by atoms with Crippen LogP contribution in [0.5, 0.6) is 0 Å². The zero-order valence-electron chi connectivity index (χ0n) is 20.3. The number of anilines is 1. The van der Waals surface area contributed by atoms with Crippen LogP contribution in [0.4, 0.5) is 5.00 Å². The molecule has 0 fully saturated rings. The van der Waals surface area contributed by atoms with Gasteiger partial charge in [-0.1, -0.05) is 38.0 Å². The summed E-state index contributed by atoms with van der Waals surface area (Å²) < 4.78 is 11.6. The van der Waals surface area contributed by atoms with Crippen molar-refractivity contribution in [2.24, 2.45) is 0 Å². The Morgan fingerprint density at radius 2 is 1.74 bits per heavy atom. The largest absolute Gasteiger partial charge is 0.462 e. The van der Waals surface area contributed by atoms with E-state index in [2.05, 4.69) is 17.3 Å². The van der Waals surface area contributed by atoms with Gasteiger partial charge in [-0.2, -0.15) is 5.10 Å². The predicted molar refractivity (Wildman–Crippen MR) is 134 cm³/mol. The van der Waals surface area contributed by atoms with Crippen molar-refractivity contribution in [3.05, 3.63) is 56.3 Å². The van der Waals surface area contributed by atoms with E-state index in [4.69, 9.17) is 9.47 Å². The Hall–Kier alpha value is -3.53. The predicted octanol–water partition coefficient (Wildman–Crippen LogP) is 4.24. The Kier molecular flexibility index (Phi) is 8.75. The summed E-state index contributed by atoms with van der Waals surface area (Å²) in [6.45, 7) is 7.38. The Balaban J connectivity index is 1.78.